The van der Waals surface area contributed by atoms with E-state index in [0.29, 0.717) is 6.42 Å². The number of rotatable bonds is 7. The molecule has 1 aromatic rings. The Morgan fingerprint density at radius 2 is 2.00 bits per heavy atom. The van der Waals surface area contributed by atoms with E-state index in [-0.39, 0.29) is 5.91 Å². The van der Waals surface area contributed by atoms with Crippen molar-refractivity contribution in [2.45, 2.75) is 18.2 Å². The van der Waals surface area contributed by atoms with Crippen LogP contribution in [-0.4, -0.2) is 56.0 Å². The van der Waals surface area contributed by atoms with E-state index in [4.69, 9.17) is 4.74 Å². The zero-order chi connectivity index (χ0) is 14.9. The normalized spacial score (nSPS) is 15.9. The number of thioether (sulfide) groups is 1. The Balaban J connectivity index is 1.54. The van der Waals surface area contributed by atoms with Gasteiger partial charge in [0.25, 0.3) is 0 Å². The summed E-state index contributed by atoms with van der Waals surface area (Å²) in [5.41, 5.74) is 1.26. The van der Waals surface area contributed by atoms with E-state index in [9.17, 15) is 4.79 Å². The molecule has 1 fully saturated rings. The van der Waals surface area contributed by atoms with Crippen molar-refractivity contribution in [3.8, 4) is 0 Å². The number of aryl methyl sites for hydroxylation is 1. The molecule has 2 rings (SSSR count). The minimum absolute atomic E-state index is 0.142. The van der Waals surface area contributed by atoms with Crippen molar-refractivity contribution in [3.05, 3.63) is 29.8 Å². The van der Waals surface area contributed by atoms with Gasteiger partial charge in [0.05, 0.1) is 13.2 Å². The molecule has 1 aliphatic heterocycles. The molecular weight excluding hydrogens is 284 g/mol. The average molecular weight is 308 g/mol. The first-order valence-electron chi connectivity index (χ1n) is 7.50. The van der Waals surface area contributed by atoms with Gasteiger partial charge in [-0.3, -0.25) is 9.69 Å². The Hall–Kier alpha value is -1.04. The van der Waals surface area contributed by atoms with Gasteiger partial charge in [0.2, 0.25) is 5.91 Å². The highest BCUT2D eigenvalue weighted by atomic mass is 32.2. The highest BCUT2D eigenvalue weighted by molar-refractivity contribution is 7.99. The van der Waals surface area contributed by atoms with Crippen LogP contribution in [0.4, 0.5) is 0 Å². The van der Waals surface area contributed by atoms with Crippen molar-refractivity contribution in [1.29, 1.82) is 0 Å². The number of morpholine rings is 1. The summed E-state index contributed by atoms with van der Waals surface area (Å²) in [5.74, 6) is 0.967. The SMILES string of the molecule is Cc1ccc(SCCC(=O)NCCN2CCOCC2)cc1. The van der Waals surface area contributed by atoms with Crippen molar-refractivity contribution in [2.24, 2.45) is 0 Å². The second-order valence-electron chi connectivity index (χ2n) is 5.22. The molecule has 1 N–H and O–H groups in total. The number of hydrogen-bond donors (Lipinski definition) is 1. The van der Waals surface area contributed by atoms with E-state index in [1.165, 1.54) is 10.5 Å². The molecule has 0 aliphatic carbocycles. The lowest BCUT2D eigenvalue weighted by molar-refractivity contribution is -0.120. The van der Waals surface area contributed by atoms with E-state index in [1.54, 1.807) is 11.8 Å². The maximum atomic E-state index is 11.8. The maximum absolute atomic E-state index is 11.8. The molecule has 1 heterocycles. The number of nitrogens with one attached hydrogen (secondary N) is 1. The van der Waals surface area contributed by atoms with Crippen molar-refractivity contribution in [2.75, 3.05) is 45.1 Å². The van der Waals surface area contributed by atoms with Crippen LogP contribution in [0.25, 0.3) is 0 Å². The third-order valence-electron chi connectivity index (χ3n) is 3.47. The Bertz CT molecular complexity index is 430. The largest absolute Gasteiger partial charge is 0.379 e. The Morgan fingerprint density at radius 1 is 1.29 bits per heavy atom. The fraction of sp³-hybridized carbons (Fsp3) is 0.562. The van der Waals surface area contributed by atoms with Crippen LogP contribution < -0.4 is 5.32 Å². The zero-order valence-electron chi connectivity index (χ0n) is 12.6. The summed E-state index contributed by atoms with van der Waals surface area (Å²) in [6.45, 7) is 7.28. The number of hydrogen-bond acceptors (Lipinski definition) is 4. The fourth-order valence-corrected chi connectivity index (χ4v) is 3.01. The van der Waals surface area contributed by atoms with Crippen molar-refractivity contribution >= 4 is 17.7 Å². The Kier molecular flexibility index (Phi) is 7.06. The van der Waals surface area contributed by atoms with Crippen LogP contribution in [-0.2, 0) is 9.53 Å². The second kappa shape index (κ2) is 9.07. The Morgan fingerprint density at radius 3 is 2.71 bits per heavy atom. The van der Waals surface area contributed by atoms with Crippen molar-refractivity contribution in [1.82, 2.24) is 10.2 Å². The van der Waals surface area contributed by atoms with Crippen LogP contribution >= 0.6 is 11.8 Å². The number of carbonyl (C=O) groups excluding carboxylic acids is 1. The first kappa shape index (κ1) is 16.3. The van der Waals surface area contributed by atoms with Gasteiger partial charge in [-0.1, -0.05) is 17.7 Å². The highest BCUT2D eigenvalue weighted by Gasteiger charge is 2.10. The van der Waals surface area contributed by atoms with Gasteiger partial charge in [0, 0.05) is 43.2 Å². The van der Waals surface area contributed by atoms with Crippen LogP contribution in [0.1, 0.15) is 12.0 Å². The summed E-state index contributed by atoms with van der Waals surface area (Å²) >= 11 is 1.73. The predicted molar refractivity (Wildman–Crippen MR) is 86.8 cm³/mol. The van der Waals surface area contributed by atoms with Crippen LogP contribution in [0.2, 0.25) is 0 Å². The first-order valence-corrected chi connectivity index (χ1v) is 8.49. The van der Waals surface area contributed by atoms with E-state index in [2.05, 4.69) is 41.4 Å². The number of amides is 1. The molecule has 0 bridgehead atoms. The summed E-state index contributed by atoms with van der Waals surface area (Å²) in [6.07, 6.45) is 0.571. The smallest absolute Gasteiger partial charge is 0.220 e. The molecule has 0 spiro atoms. The Labute approximate surface area is 131 Å². The van der Waals surface area contributed by atoms with Gasteiger partial charge in [-0.2, -0.15) is 0 Å². The van der Waals surface area contributed by atoms with Gasteiger partial charge < -0.3 is 10.1 Å². The minimum atomic E-state index is 0.142. The van der Waals surface area contributed by atoms with E-state index in [1.807, 2.05) is 0 Å². The molecular formula is C16H24N2O2S. The van der Waals surface area contributed by atoms with Crippen LogP contribution in [0, 0.1) is 6.92 Å². The molecule has 4 nitrogen and oxygen atoms in total. The van der Waals surface area contributed by atoms with Crippen LogP contribution in [0.3, 0.4) is 0 Å². The summed E-state index contributed by atoms with van der Waals surface area (Å²) in [7, 11) is 0. The van der Waals surface area contributed by atoms with Gasteiger partial charge in [0.15, 0.2) is 0 Å². The first-order chi connectivity index (χ1) is 10.2. The average Bonchev–Trinajstić information content (AvgIpc) is 2.50. The van der Waals surface area contributed by atoms with Gasteiger partial charge in [-0.05, 0) is 19.1 Å². The second-order valence-corrected chi connectivity index (χ2v) is 6.38. The molecule has 116 valence electrons. The van der Waals surface area contributed by atoms with Crippen molar-refractivity contribution < 1.29 is 9.53 Å². The van der Waals surface area contributed by atoms with Crippen molar-refractivity contribution in [3.63, 3.8) is 0 Å². The zero-order valence-corrected chi connectivity index (χ0v) is 13.5. The molecule has 0 radical (unpaired) electrons. The minimum Gasteiger partial charge on any atom is -0.379 e. The lowest BCUT2D eigenvalue weighted by Gasteiger charge is -2.26. The molecule has 21 heavy (non-hydrogen) atoms. The van der Waals surface area contributed by atoms with Gasteiger partial charge >= 0.3 is 0 Å². The monoisotopic (exact) mass is 308 g/mol. The lowest BCUT2D eigenvalue weighted by Crippen LogP contribution is -2.41. The molecule has 0 atom stereocenters. The molecule has 1 aromatic carbocycles. The van der Waals surface area contributed by atoms with Gasteiger partial charge in [0.1, 0.15) is 0 Å². The lowest BCUT2D eigenvalue weighted by atomic mass is 10.2. The highest BCUT2D eigenvalue weighted by Crippen LogP contribution is 2.18. The summed E-state index contributed by atoms with van der Waals surface area (Å²) < 4.78 is 5.30. The number of ether oxygens (including phenoxy) is 1. The topological polar surface area (TPSA) is 41.6 Å². The molecule has 0 aromatic heterocycles. The molecule has 5 heteroatoms. The molecule has 0 saturated carbocycles. The molecule has 1 saturated heterocycles. The molecule has 1 amide bonds. The standard InChI is InChI=1S/C16H24N2O2S/c1-14-2-4-15(5-3-14)21-13-6-16(19)17-7-8-18-9-11-20-12-10-18/h2-5H,6-13H2,1H3,(H,17,19). The van der Waals surface area contributed by atoms with E-state index >= 15 is 0 Å². The number of nitrogens with zero attached hydrogens (tertiary/aromatic N) is 1. The van der Waals surface area contributed by atoms with Gasteiger partial charge in [-0.25, -0.2) is 0 Å². The summed E-state index contributed by atoms with van der Waals surface area (Å²) in [4.78, 5) is 15.3. The van der Waals surface area contributed by atoms with Gasteiger partial charge in [-0.15, -0.1) is 11.8 Å². The maximum Gasteiger partial charge on any atom is 0.220 e. The van der Waals surface area contributed by atoms with E-state index < -0.39 is 0 Å². The summed E-state index contributed by atoms with van der Waals surface area (Å²) in [6, 6.07) is 8.42. The predicted octanol–water partition coefficient (Wildman–Crippen LogP) is 1.93. The van der Waals surface area contributed by atoms with Crippen LogP contribution in [0.15, 0.2) is 29.2 Å². The number of carbonyl (C=O) groups is 1. The van der Waals surface area contributed by atoms with Crippen LogP contribution in [0.5, 0.6) is 0 Å². The molecule has 0 unspecified atom stereocenters. The van der Waals surface area contributed by atoms with E-state index in [0.717, 1.165) is 45.1 Å². The summed E-state index contributed by atoms with van der Waals surface area (Å²) in [5, 5.41) is 2.99. The molecule has 1 aliphatic rings. The quantitative estimate of drug-likeness (QED) is 0.782. The fourth-order valence-electron chi connectivity index (χ4n) is 2.16. The third kappa shape index (κ3) is 6.50. The number of benzene rings is 1. The third-order valence-corrected chi connectivity index (χ3v) is 4.49.